The van der Waals surface area contributed by atoms with E-state index in [1.54, 1.807) is 19.1 Å². The lowest BCUT2D eigenvalue weighted by molar-refractivity contribution is 0.0962. The number of hydrogen-bond donors (Lipinski definition) is 1. The van der Waals surface area contributed by atoms with E-state index < -0.39 is 5.41 Å². The van der Waals surface area contributed by atoms with Crippen molar-refractivity contribution in [1.29, 1.82) is 0 Å². The van der Waals surface area contributed by atoms with Gasteiger partial charge in [0.05, 0.1) is 11.0 Å². The van der Waals surface area contributed by atoms with Gasteiger partial charge in [-0.25, -0.2) is 4.39 Å². The second kappa shape index (κ2) is 9.31. The zero-order valence-electron chi connectivity index (χ0n) is 21.6. The Bertz CT molecular complexity index is 1750. The highest BCUT2D eigenvalue weighted by Gasteiger charge is 2.50. The van der Waals surface area contributed by atoms with Crippen LogP contribution >= 0.6 is 0 Å². The molecular weight excluding hydrogens is 497 g/mol. The van der Waals surface area contributed by atoms with Gasteiger partial charge in [0.2, 0.25) is 5.89 Å². The number of anilines is 1. The highest BCUT2D eigenvalue weighted by Crippen LogP contribution is 2.51. The third kappa shape index (κ3) is 4.41. The lowest BCUT2D eigenvalue weighted by Gasteiger charge is -2.12. The summed E-state index contributed by atoms with van der Waals surface area (Å²) in [6.45, 7) is 3.78. The van der Waals surface area contributed by atoms with Crippen molar-refractivity contribution in [3.8, 4) is 22.5 Å². The van der Waals surface area contributed by atoms with Crippen molar-refractivity contribution in [3.05, 3.63) is 89.1 Å². The molecule has 5 aromatic rings. The fourth-order valence-corrected chi connectivity index (χ4v) is 5.11. The molecule has 196 valence electrons. The number of aryl methyl sites for hydroxylation is 1. The molecule has 7 nitrogen and oxygen atoms in total. The fourth-order valence-electron chi connectivity index (χ4n) is 5.11. The van der Waals surface area contributed by atoms with Gasteiger partial charge in [0.25, 0.3) is 0 Å². The van der Waals surface area contributed by atoms with Crippen LogP contribution in [0, 0.1) is 12.7 Å². The fraction of sp³-hybridized carbons (Fsp3) is 0.226. The Morgan fingerprint density at radius 3 is 2.36 bits per heavy atom. The third-order valence-corrected chi connectivity index (χ3v) is 7.51. The molecule has 2 N–H and O–H groups in total. The molecule has 0 spiro atoms. The van der Waals surface area contributed by atoms with Crippen molar-refractivity contribution in [2.75, 3.05) is 5.73 Å². The molecular formula is C31H26FN3O4. The second-order valence-corrected chi connectivity index (χ2v) is 10.2. The van der Waals surface area contributed by atoms with E-state index in [9.17, 15) is 14.0 Å². The highest BCUT2D eigenvalue weighted by molar-refractivity contribution is 6.12. The first-order chi connectivity index (χ1) is 18.8. The van der Waals surface area contributed by atoms with Crippen LogP contribution in [-0.4, -0.2) is 21.8 Å². The number of carbonyl (C=O) groups is 2. The molecule has 0 atom stereocenters. The molecule has 1 saturated carbocycles. The first-order valence-corrected chi connectivity index (χ1v) is 12.9. The van der Waals surface area contributed by atoms with E-state index in [-0.39, 0.29) is 29.8 Å². The molecule has 8 heteroatoms. The number of fused-ring (bicyclic) bond motifs is 1. The summed E-state index contributed by atoms with van der Waals surface area (Å²) in [5.74, 6) is 0.388. The molecule has 0 aliphatic heterocycles. The van der Waals surface area contributed by atoms with Gasteiger partial charge in [-0.05, 0) is 78.9 Å². The van der Waals surface area contributed by atoms with Crippen molar-refractivity contribution in [2.45, 2.75) is 44.9 Å². The molecule has 39 heavy (non-hydrogen) atoms. The minimum atomic E-state index is -0.450. The summed E-state index contributed by atoms with van der Waals surface area (Å²) in [7, 11) is 0. The van der Waals surface area contributed by atoms with Crippen molar-refractivity contribution < 1.29 is 22.8 Å². The summed E-state index contributed by atoms with van der Waals surface area (Å²) >= 11 is 0. The predicted molar refractivity (Wildman–Crippen MR) is 145 cm³/mol. The van der Waals surface area contributed by atoms with Gasteiger partial charge >= 0.3 is 6.01 Å². The summed E-state index contributed by atoms with van der Waals surface area (Å²) in [4.78, 5) is 26.4. The third-order valence-electron chi connectivity index (χ3n) is 7.51. The lowest BCUT2D eigenvalue weighted by Crippen LogP contribution is -2.14. The number of nitrogen functional groups attached to an aromatic ring is 1. The quantitative estimate of drug-likeness (QED) is 0.216. The molecule has 3 aromatic carbocycles. The molecule has 0 radical (unpaired) electrons. The molecule has 0 unspecified atom stereocenters. The number of benzene rings is 3. The zero-order valence-corrected chi connectivity index (χ0v) is 21.6. The van der Waals surface area contributed by atoms with Crippen LogP contribution in [0.1, 0.15) is 64.8 Å². The van der Waals surface area contributed by atoms with E-state index >= 15 is 0 Å². The minimum Gasteiger partial charge on any atom is -0.455 e. The smallest absolute Gasteiger partial charge is 0.312 e. The Morgan fingerprint density at radius 1 is 0.949 bits per heavy atom. The van der Waals surface area contributed by atoms with Crippen LogP contribution < -0.4 is 5.73 Å². The van der Waals surface area contributed by atoms with Crippen LogP contribution in [0.3, 0.4) is 0 Å². The lowest BCUT2D eigenvalue weighted by atomic mass is 9.91. The van der Waals surface area contributed by atoms with E-state index in [1.165, 1.54) is 12.1 Å². The molecule has 0 bridgehead atoms. The van der Waals surface area contributed by atoms with Gasteiger partial charge in [0.1, 0.15) is 17.2 Å². The number of Topliss-reactive ketones (excluding diaryl/α,β-unsaturated/α-hetero) is 2. The number of nitrogens with two attached hydrogens (primary N) is 1. The molecule has 1 fully saturated rings. The van der Waals surface area contributed by atoms with Crippen molar-refractivity contribution >= 4 is 28.6 Å². The SMILES string of the molecule is CCC(=O)c1c(-c2ccc(F)cc2)oc2ccc(-c3cc(C(=O)CC4(c5nnc(N)o5)CC4)ccc3C)cc12. The Kier molecular flexibility index (Phi) is 5.90. The maximum Gasteiger partial charge on any atom is 0.312 e. The summed E-state index contributed by atoms with van der Waals surface area (Å²) < 4.78 is 25.1. The number of nitrogens with zero attached hydrogens (tertiary/aromatic N) is 2. The molecule has 0 saturated heterocycles. The number of rotatable bonds is 8. The largest absolute Gasteiger partial charge is 0.455 e. The average Bonchev–Trinajstić information content (AvgIpc) is 3.40. The number of carbonyl (C=O) groups excluding carboxylic acids is 2. The topological polar surface area (TPSA) is 112 Å². The van der Waals surface area contributed by atoms with Crippen LogP contribution in [-0.2, 0) is 5.41 Å². The van der Waals surface area contributed by atoms with Gasteiger partial charge in [-0.3, -0.25) is 9.59 Å². The van der Waals surface area contributed by atoms with Crippen molar-refractivity contribution in [1.82, 2.24) is 10.2 Å². The van der Waals surface area contributed by atoms with Crippen molar-refractivity contribution in [3.63, 3.8) is 0 Å². The maximum atomic E-state index is 13.5. The van der Waals surface area contributed by atoms with Gasteiger partial charge in [-0.2, -0.15) is 0 Å². The molecule has 2 heterocycles. The number of furan rings is 1. The highest BCUT2D eigenvalue weighted by atomic mass is 19.1. The van der Waals surface area contributed by atoms with Crippen LogP contribution in [0.25, 0.3) is 33.4 Å². The Hall–Kier alpha value is -4.59. The van der Waals surface area contributed by atoms with E-state index in [4.69, 9.17) is 14.6 Å². The normalized spacial score (nSPS) is 14.0. The molecule has 1 aliphatic rings. The minimum absolute atomic E-state index is 0.000468. The zero-order chi connectivity index (χ0) is 27.3. The molecule has 1 aliphatic carbocycles. The van der Waals surface area contributed by atoms with Gasteiger partial charge in [0, 0.05) is 29.4 Å². The van der Waals surface area contributed by atoms with Crippen LogP contribution in [0.15, 0.2) is 69.5 Å². The number of hydrogen-bond acceptors (Lipinski definition) is 7. The Balaban J connectivity index is 1.38. The van der Waals surface area contributed by atoms with Crippen molar-refractivity contribution in [2.24, 2.45) is 0 Å². The van der Waals surface area contributed by atoms with E-state index in [0.717, 1.165) is 29.5 Å². The summed E-state index contributed by atoms with van der Waals surface area (Å²) in [5.41, 5.74) is 10.1. The van der Waals surface area contributed by atoms with E-state index in [1.807, 2.05) is 43.3 Å². The Labute approximate surface area is 223 Å². The molecule has 2 aromatic heterocycles. The monoisotopic (exact) mass is 523 g/mol. The van der Waals surface area contributed by atoms with Gasteiger partial charge < -0.3 is 14.6 Å². The van der Waals surface area contributed by atoms with Crippen LogP contribution in [0.4, 0.5) is 10.4 Å². The maximum absolute atomic E-state index is 13.5. The van der Waals surface area contributed by atoms with Gasteiger partial charge in [-0.1, -0.05) is 30.2 Å². The summed E-state index contributed by atoms with van der Waals surface area (Å²) in [5, 5.41) is 8.44. The van der Waals surface area contributed by atoms with Crippen LogP contribution in [0.2, 0.25) is 0 Å². The van der Waals surface area contributed by atoms with Crippen LogP contribution in [0.5, 0.6) is 0 Å². The average molecular weight is 524 g/mol. The van der Waals surface area contributed by atoms with Gasteiger partial charge in [0.15, 0.2) is 11.6 Å². The number of halogens is 1. The number of ketones is 2. The number of aromatic nitrogens is 2. The standard InChI is InChI=1S/C31H26FN3O4/c1-3-24(36)27-23-14-19(8-11-26(23)38-28(27)18-6-9-21(32)10-7-18)22-15-20(5-4-17(22)2)25(37)16-31(12-13-31)29-34-35-30(33)39-29/h4-11,14-15H,3,12-13,16H2,1-2H3,(H2,33,35). The first-order valence-electron chi connectivity index (χ1n) is 12.9. The summed E-state index contributed by atoms with van der Waals surface area (Å²) in [6, 6.07) is 17.2. The van der Waals surface area contributed by atoms with Gasteiger partial charge in [-0.15, -0.1) is 5.10 Å². The first kappa shape index (κ1) is 24.7. The molecule has 6 rings (SSSR count). The molecule has 0 amide bonds. The Morgan fingerprint density at radius 2 is 1.69 bits per heavy atom. The second-order valence-electron chi connectivity index (χ2n) is 10.2. The van der Waals surface area contributed by atoms with E-state index in [2.05, 4.69) is 10.2 Å². The summed E-state index contributed by atoms with van der Waals surface area (Å²) in [6.07, 6.45) is 2.14. The predicted octanol–water partition coefficient (Wildman–Crippen LogP) is 7.08. The van der Waals surface area contributed by atoms with E-state index in [0.29, 0.717) is 45.7 Å².